The van der Waals surface area contributed by atoms with Crippen LogP contribution in [0.4, 0.5) is 4.79 Å². The predicted octanol–water partition coefficient (Wildman–Crippen LogP) is 1.67. The summed E-state index contributed by atoms with van der Waals surface area (Å²) in [5.74, 6) is -0.379. The van der Waals surface area contributed by atoms with E-state index < -0.39 is 6.09 Å². The molecule has 0 aliphatic heterocycles. The molecular weight excluding hydrogens is 315 g/mol. The maximum Gasteiger partial charge on any atom is 0.414 e. The molecule has 7 heteroatoms. The summed E-state index contributed by atoms with van der Waals surface area (Å²) in [4.78, 5) is 23.9. The second kappa shape index (κ2) is 8.87. The van der Waals surface area contributed by atoms with Gasteiger partial charge in [0, 0.05) is 10.6 Å². The lowest BCUT2D eigenvalue weighted by molar-refractivity contribution is -0.904. The van der Waals surface area contributed by atoms with Gasteiger partial charge in [-0.15, -0.1) is 0 Å². The van der Waals surface area contributed by atoms with Crippen LogP contribution in [0, 0.1) is 0 Å². The smallest absolute Gasteiger partial charge is 0.414 e. The molecule has 116 valence electrons. The van der Waals surface area contributed by atoms with Crippen LogP contribution in [0.2, 0.25) is 10.0 Å². The van der Waals surface area contributed by atoms with Crippen molar-refractivity contribution in [3.8, 4) is 0 Å². The molecule has 0 spiro atoms. The minimum Gasteiger partial charge on any atom is -0.450 e. The first-order valence-corrected chi connectivity index (χ1v) is 7.45. The topological polar surface area (TPSA) is 59.8 Å². The summed E-state index contributed by atoms with van der Waals surface area (Å²) < 4.78 is 4.66. The van der Waals surface area contributed by atoms with Crippen LogP contribution >= 0.6 is 23.2 Å². The van der Waals surface area contributed by atoms with E-state index >= 15 is 0 Å². The number of hydrogen-bond acceptors (Lipinski definition) is 3. The zero-order valence-electron chi connectivity index (χ0n) is 12.0. The number of carbonyl (C=O) groups is 2. The lowest BCUT2D eigenvalue weighted by atomic mass is 10.2. The number of halogens is 2. The molecule has 0 saturated carbocycles. The van der Waals surface area contributed by atoms with E-state index in [0.29, 0.717) is 16.6 Å². The standard InChI is InChI=1S/C14H18Cl2N2O3/c1-3-18(9-13(19)17-14(20)21-4-2)8-10-5-6-11(15)7-12(10)16/h5-7H,3-4,8-9H2,1-2H3,(H,17,19,20)/p+1. The van der Waals surface area contributed by atoms with Gasteiger partial charge in [0.2, 0.25) is 0 Å². The zero-order valence-corrected chi connectivity index (χ0v) is 13.6. The van der Waals surface area contributed by atoms with E-state index in [9.17, 15) is 9.59 Å². The second-order valence-corrected chi connectivity index (χ2v) is 5.31. The highest BCUT2D eigenvalue weighted by Crippen LogP contribution is 2.20. The van der Waals surface area contributed by atoms with E-state index in [2.05, 4.69) is 10.1 Å². The summed E-state index contributed by atoms with van der Waals surface area (Å²) in [7, 11) is 0. The highest BCUT2D eigenvalue weighted by molar-refractivity contribution is 6.35. The number of hydrogen-bond donors (Lipinski definition) is 2. The van der Waals surface area contributed by atoms with E-state index in [4.69, 9.17) is 23.2 Å². The first-order valence-electron chi connectivity index (χ1n) is 6.70. The van der Waals surface area contributed by atoms with E-state index in [-0.39, 0.29) is 19.1 Å². The van der Waals surface area contributed by atoms with Crippen molar-refractivity contribution in [2.75, 3.05) is 19.7 Å². The van der Waals surface area contributed by atoms with Crippen LogP contribution in [0.25, 0.3) is 0 Å². The average Bonchev–Trinajstić information content (AvgIpc) is 2.40. The number of alkyl carbamates (subject to hydrolysis) is 1. The largest absolute Gasteiger partial charge is 0.450 e. The van der Waals surface area contributed by atoms with Crippen LogP contribution in [0.1, 0.15) is 19.4 Å². The van der Waals surface area contributed by atoms with Crippen LogP contribution in [0.15, 0.2) is 18.2 Å². The Morgan fingerprint density at radius 1 is 1.29 bits per heavy atom. The number of ether oxygens (including phenoxy) is 1. The Kier molecular flexibility index (Phi) is 7.50. The van der Waals surface area contributed by atoms with Crippen molar-refractivity contribution >= 4 is 35.2 Å². The van der Waals surface area contributed by atoms with Crippen LogP contribution in [0.3, 0.4) is 0 Å². The van der Waals surface area contributed by atoms with Crippen molar-refractivity contribution in [2.24, 2.45) is 0 Å². The average molecular weight is 334 g/mol. The summed E-state index contributed by atoms with van der Waals surface area (Å²) in [6, 6.07) is 5.27. The normalized spacial score (nSPS) is 11.8. The molecule has 0 saturated heterocycles. The maximum atomic E-state index is 11.7. The Bertz CT molecular complexity index is 509. The number of rotatable bonds is 6. The third kappa shape index (κ3) is 6.33. The quantitative estimate of drug-likeness (QED) is 0.832. The van der Waals surface area contributed by atoms with Crippen molar-refractivity contribution in [2.45, 2.75) is 20.4 Å². The van der Waals surface area contributed by atoms with Crippen LogP contribution < -0.4 is 10.2 Å². The third-order valence-corrected chi connectivity index (χ3v) is 3.47. The molecule has 0 radical (unpaired) electrons. The molecule has 2 amide bonds. The molecule has 0 aliphatic carbocycles. The molecule has 1 rings (SSSR count). The van der Waals surface area contributed by atoms with Crippen LogP contribution in [0.5, 0.6) is 0 Å². The first kappa shape index (κ1) is 17.8. The van der Waals surface area contributed by atoms with Gasteiger partial charge < -0.3 is 9.64 Å². The highest BCUT2D eigenvalue weighted by atomic mass is 35.5. The fourth-order valence-electron chi connectivity index (χ4n) is 1.80. The maximum absolute atomic E-state index is 11.7. The van der Waals surface area contributed by atoms with E-state index in [1.165, 1.54) is 0 Å². The van der Waals surface area contributed by atoms with Gasteiger partial charge in [-0.2, -0.15) is 0 Å². The number of likely N-dealkylation sites (N-methyl/N-ethyl adjacent to an activating group) is 1. The number of benzene rings is 1. The van der Waals surface area contributed by atoms with Crippen molar-refractivity contribution in [1.82, 2.24) is 5.32 Å². The second-order valence-electron chi connectivity index (χ2n) is 4.46. The number of nitrogens with one attached hydrogen (secondary N) is 2. The number of amides is 2. The molecular formula is C14H19Cl2N2O3+. The van der Waals surface area contributed by atoms with E-state index in [1.54, 1.807) is 19.1 Å². The van der Waals surface area contributed by atoms with E-state index in [0.717, 1.165) is 17.0 Å². The number of imide groups is 1. The van der Waals surface area contributed by atoms with Gasteiger partial charge in [0.15, 0.2) is 6.54 Å². The molecule has 2 N–H and O–H groups in total. The molecule has 0 bridgehead atoms. The van der Waals surface area contributed by atoms with Crippen molar-refractivity contribution in [3.05, 3.63) is 33.8 Å². The lowest BCUT2D eigenvalue weighted by Gasteiger charge is -2.17. The predicted molar refractivity (Wildman–Crippen MR) is 81.7 cm³/mol. The monoisotopic (exact) mass is 333 g/mol. The van der Waals surface area contributed by atoms with Crippen molar-refractivity contribution < 1.29 is 19.2 Å². The minimum absolute atomic E-state index is 0.161. The van der Waals surface area contributed by atoms with Crippen LogP contribution in [-0.2, 0) is 16.1 Å². The Hall–Kier alpha value is -1.30. The summed E-state index contributed by atoms with van der Waals surface area (Å²) in [6.45, 7) is 5.31. The molecule has 1 aromatic rings. The van der Waals surface area contributed by atoms with Crippen molar-refractivity contribution in [1.29, 1.82) is 0 Å². The number of quaternary nitrogens is 1. The Morgan fingerprint density at radius 2 is 2.00 bits per heavy atom. The fraction of sp³-hybridized carbons (Fsp3) is 0.429. The van der Waals surface area contributed by atoms with Gasteiger partial charge in [-0.25, -0.2) is 4.79 Å². The SMILES string of the molecule is CCOC(=O)NC(=O)C[NH+](CC)Cc1ccc(Cl)cc1Cl. The van der Waals surface area contributed by atoms with Gasteiger partial charge in [0.05, 0.1) is 18.2 Å². The van der Waals surface area contributed by atoms with Gasteiger partial charge in [0.1, 0.15) is 6.54 Å². The van der Waals surface area contributed by atoms with Crippen molar-refractivity contribution in [3.63, 3.8) is 0 Å². The molecule has 0 aromatic heterocycles. The molecule has 0 heterocycles. The van der Waals surface area contributed by atoms with Crippen LogP contribution in [-0.4, -0.2) is 31.7 Å². The van der Waals surface area contributed by atoms with Gasteiger partial charge in [-0.1, -0.05) is 29.3 Å². The summed E-state index contributed by atoms with van der Waals surface area (Å²) in [6.07, 6.45) is -0.720. The van der Waals surface area contributed by atoms with Gasteiger partial charge >= 0.3 is 6.09 Å². The molecule has 1 aromatic carbocycles. The molecule has 0 aliphatic rings. The molecule has 0 fully saturated rings. The molecule has 1 atom stereocenters. The Balaban J connectivity index is 2.58. The number of carbonyl (C=O) groups excluding carboxylic acids is 2. The first-order chi connectivity index (χ1) is 9.96. The Morgan fingerprint density at radius 3 is 2.57 bits per heavy atom. The summed E-state index contributed by atoms with van der Waals surface area (Å²) >= 11 is 12.0. The van der Waals surface area contributed by atoms with E-state index in [1.807, 2.05) is 13.0 Å². The summed E-state index contributed by atoms with van der Waals surface area (Å²) in [5, 5.41) is 3.32. The molecule has 21 heavy (non-hydrogen) atoms. The minimum atomic E-state index is -0.720. The summed E-state index contributed by atoms with van der Waals surface area (Å²) in [5.41, 5.74) is 0.904. The lowest BCUT2D eigenvalue weighted by Crippen LogP contribution is -3.11. The van der Waals surface area contributed by atoms with Gasteiger partial charge in [0.25, 0.3) is 5.91 Å². The third-order valence-electron chi connectivity index (χ3n) is 2.88. The Labute approximate surface area is 134 Å². The van der Waals surface area contributed by atoms with Gasteiger partial charge in [-0.05, 0) is 26.0 Å². The van der Waals surface area contributed by atoms with Gasteiger partial charge in [-0.3, -0.25) is 10.1 Å². The fourth-order valence-corrected chi connectivity index (χ4v) is 2.27. The molecule has 1 unspecified atom stereocenters. The zero-order chi connectivity index (χ0) is 15.8. The molecule has 5 nitrogen and oxygen atoms in total. The highest BCUT2D eigenvalue weighted by Gasteiger charge is 2.17.